The van der Waals surface area contributed by atoms with Gasteiger partial charge in [-0.15, -0.1) is 10.2 Å². The number of nitrogens with zero attached hydrogens (tertiary/aromatic N) is 5. The van der Waals surface area contributed by atoms with Crippen LogP contribution in [0.2, 0.25) is 5.02 Å². The highest BCUT2D eigenvalue weighted by Crippen LogP contribution is 2.31. The van der Waals surface area contributed by atoms with Gasteiger partial charge in [-0.05, 0) is 55.8 Å². The number of halogens is 4. The summed E-state index contributed by atoms with van der Waals surface area (Å²) in [7, 11) is 0. The van der Waals surface area contributed by atoms with E-state index in [1.807, 2.05) is 33.7 Å². The van der Waals surface area contributed by atoms with Crippen LogP contribution >= 0.6 is 11.6 Å². The average molecular weight is 438 g/mol. The van der Waals surface area contributed by atoms with Crippen LogP contribution in [-0.4, -0.2) is 51.2 Å². The van der Waals surface area contributed by atoms with Crippen LogP contribution in [-0.2, 0) is 4.79 Å². The number of hydrogen-bond acceptors (Lipinski definition) is 4. The fourth-order valence-electron chi connectivity index (χ4n) is 3.78. The fraction of sp³-hybridized carbons (Fsp3) is 0.350. The first-order valence-corrected chi connectivity index (χ1v) is 9.86. The molecular weight excluding hydrogens is 419 g/mol. The van der Waals surface area contributed by atoms with Crippen LogP contribution in [0.15, 0.2) is 48.7 Å². The van der Waals surface area contributed by atoms with E-state index in [2.05, 4.69) is 10.2 Å². The minimum atomic E-state index is -4.52. The van der Waals surface area contributed by atoms with Gasteiger partial charge in [0.15, 0.2) is 11.5 Å². The van der Waals surface area contributed by atoms with E-state index in [1.165, 1.54) is 24.3 Å². The van der Waals surface area contributed by atoms with Crippen molar-refractivity contribution in [2.45, 2.75) is 25.1 Å². The number of aromatic nitrogens is 3. The van der Waals surface area contributed by atoms with Crippen molar-refractivity contribution in [3.05, 3.63) is 59.5 Å². The molecule has 0 radical (unpaired) electrons. The molecule has 0 saturated carbocycles. The van der Waals surface area contributed by atoms with Crippen molar-refractivity contribution < 1.29 is 18.0 Å². The molecular formula is C20H19ClF3N5O. The van der Waals surface area contributed by atoms with Gasteiger partial charge in [-0.25, -0.2) is 0 Å². The monoisotopic (exact) mass is 437 g/mol. The summed E-state index contributed by atoms with van der Waals surface area (Å²) in [5, 5.41) is 8.79. The van der Waals surface area contributed by atoms with Gasteiger partial charge in [0.2, 0.25) is 5.91 Å². The van der Waals surface area contributed by atoms with E-state index in [0.29, 0.717) is 23.0 Å². The molecule has 1 saturated heterocycles. The van der Waals surface area contributed by atoms with Crippen LogP contribution in [0.25, 0.3) is 5.65 Å². The van der Waals surface area contributed by atoms with Crippen molar-refractivity contribution in [1.82, 2.24) is 19.5 Å². The standard InChI is InChI=1S/C20H19ClF3N5O/c21-14-6-8-15(9-7-14)29(13-20(22,23)24)18(30)12-27-10-3-4-16(27)19-26-25-17-5-1-2-11-28(17)19/h1-2,5-9,11,16H,3-4,10,12-13H2. The minimum absolute atomic E-state index is 0.148. The van der Waals surface area contributed by atoms with Crippen molar-refractivity contribution >= 4 is 28.8 Å². The second kappa shape index (κ2) is 8.23. The number of hydrogen-bond donors (Lipinski definition) is 0. The molecule has 3 aromatic rings. The number of likely N-dealkylation sites (tertiary alicyclic amines) is 1. The summed E-state index contributed by atoms with van der Waals surface area (Å²) in [6, 6.07) is 11.1. The van der Waals surface area contributed by atoms with Gasteiger partial charge in [0.1, 0.15) is 6.54 Å². The number of anilines is 1. The van der Waals surface area contributed by atoms with Crippen molar-refractivity contribution in [2.24, 2.45) is 0 Å². The van der Waals surface area contributed by atoms with Gasteiger partial charge < -0.3 is 4.90 Å². The molecule has 2 aromatic heterocycles. The lowest BCUT2D eigenvalue weighted by atomic mass is 10.2. The Morgan fingerprint density at radius 1 is 1.17 bits per heavy atom. The summed E-state index contributed by atoms with van der Waals surface area (Å²) in [4.78, 5) is 15.6. The number of fused-ring (bicyclic) bond motifs is 1. The van der Waals surface area contributed by atoms with Crippen molar-refractivity contribution in [3.8, 4) is 0 Å². The zero-order chi connectivity index (χ0) is 21.3. The van der Waals surface area contributed by atoms with Gasteiger partial charge in [-0.3, -0.25) is 14.1 Å². The SMILES string of the molecule is O=C(CN1CCCC1c1nnc2ccccn12)N(CC(F)(F)F)c1ccc(Cl)cc1. The maximum Gasteiger partial charge on any atom is 0.406 e. The molecule has 1 aliphatic rings. The van der Waals surface area contributed by atoms with Gasteiger partial charge in [0, 0.05) is 16.9 Å². The lowest BCUT2D eigenvalue weighted by molar-refractivity contribution is -0.133. The third kappa shape index (κ3) is 4.41. The van der Waals surface area contributed by atoms with Crippen LogP contribution in [0.3, 0.4) is 0 Å². The van der Waals surface area contributed by atoms with Crippen LogP contribution in [0.1, 0.15) is 24.7 Å². The number of carbonyl (C=O) groups excluding carboxylic acids is 1. The molecule has 1 unspecified atom stereocenters. The topological polar surface area (TPSA) is 53.7 Å². The first-order valence-electron chi connectivity index (χ1n) is 9.48. The molecule has 1 aromatic carbocycles. The summed E-state index contributed by atoms with van der Waals surface area (Å²) < 4.78 is 41.3. The molecule has 1 amide bonds. The van der Waals surface area contributed by atoms with E-state index >= 15 is 0 Å². The third-order valence-corrected chi connectivity index (χ3v) is 5.37. The summed E-state index contributed by atoms with van der Waals surface area (Å²) in [5.74, 6) is 0.0557. The Labute approximate surface area is 175 Å². The predicted molar refractivity (Wildman–Crippen MR) is 106 cm³/mol. The second-order valence-corrected chi connectivity index (χ2v) is 7.62. The number of carbonyl (C=O) groups is 1. The first-order chi connectivity index (χ1) is 14.3. The van der Waals surface area contributed by atoms with Gasteiger partial charge in [0.05, 0.1) is 12.6 Å². The van der Waals surface area contributed by atoms with Crippen LogP contribution in [0, 0.1) is 0 Å². The largest absolute Gasteiger partial charge is 0.406 e. The number of rotatable bonds is 5. The maximum absolute atomic E-state index is 13.2. The number of pyridine rings is 1. The maximum atomic E-state index is 13.2. The molecule has 4 rings (SSSR count). The molecule has 30 heavy (non-hydrogen) atoms. The van der Waals surface area contributed by atoms with E-state index in [4.69, 9.17) is 11.6 Å². The smallest absolute Gasteiger partial charge is 0.302 e. The summed E-state index contributed by atoms with van der Waals surface area (Å²) in [6.45, 7) is -0.913. The highest BCUT2D eigenvalue weighted by Gasteiger charge is 2.37. The Bertz CT molecular complexity index is 1040. The van der Waals surface area contributed by atoms with Gasteiger partial charge in [-0.2, -0.15) is 13.2 Å². The summed E-state index contributed by atoms with van der Waals surface area (Å²) in [5.41, 5.74) is 0.843. The zero-order valence-electron chi connectivity index (χ0n) is 15.9. The molecule has 1 aliphatic heterocycles. The lowest BCUT2D eigenvalue weighted by Crippen LogP contribution is -2.44. The van der Waals surface area contributed by atoms with E-state index < -0.39 is 18.6 Å². The number of benzene rings is 1. The van der Waals surface area contributed by atoms with Crippen LogP contribution in [0.4, 0.5) is 18.9 Å². The highest BCUT2D eigenvalue weighted by molar-refractivity contribution is 6.30. The number of amides is 1. The average Bonchev–Trinajstić information content (AvgIpc) is 3.32. The molecule has 0 spiro atoms. The number of alkyl halides is 3. The van der Waals surface area contributed by atoms with Crippen molar-refractivity contribution in [3.63, 3.8) is 0 Å². The Morgan fingerprint density at radius 3 is 2.67 bits per heavy atom. The Kier molecular flexibility index (Phi) is 5.66. The van der Waals surface area contributed by atoms with Gasteiger partial charge >= 0.3 is 6.18 Å². The van der Waals surface area contributed by atoms with E-state index in [1.54, 1.807) is 0 Å². The summed E-state index contributed by atoms with van der Waals surface area (Å²) in [6.07, 6.45) is -1.11. The van der Waals surface area contributed by atoms with Crippen molar-refractivity contribution in [2.75, 3.05) is 24.5 Å². The second-order valence-electron chi connectivity index (χ2n) is 7.19. The molecule has 0 bridgehead atoms. The minimum Gasteiger partial charge on any atom is -0.302 e. The molecule has 1 atom stereocenters. The molecule has 0 aliphatic carbocycles. The van der Waals surface area contributed by atoms with Crippen LogP contribution < -0.4 is 4.90 Å². The fourth-order valence-corrected chi connectivity index (χ4v) is 3.90. The third-order valence-electron chi connectivity index (χ3n) is 5.12. The quantitative estimate of drug-likeness (QED) is 0.602. The Morgan fingerprint density at radius 2 is 1.93 bits per heavy atom. The molecule has 10 heteroatoms. The molecule has 0 N–H and O–H groups in total. The normalized spacial score (nSPS) is 17.5. The van der Waals surface area contributed by atoms with E-state index in [-0.39, 0.29) is 18.3 Å². The molecule has 158 valence electrons. The Hall–Kier alpha value is -2.65. The van der Waals surface area contributed by atoms with Crippen LogP contribution in [0.5, 0.6) is 0 Å². The van der Waals surface area contributed by atoms with Gasteiger partial charge in [0.25, 0.3) is 0 Å². The summed E-state index contributed by atoms with van der Waals surface area (Å²) >= 11 is 5.84. The molecule has 6 nitrogen and oxygen atoms in total. The van der Waals surface area contributed by atoms with E-state index in [0.717, 1.165) is 17.7 Å². The zero-order valence-corrected chi connectivity index (χ0v) is 16.6. The molecule has 1 fully saturated rings. The molecule has 3 heterocycles. The Balaban J connectivity index is 1.57. The van der Waals surface area contributed by atoms with Crippen molar-refractivity contribution in [1.29, 1.82) is 0 Å². The first kappa shape index (κ1) is 20.6. The lowest BCUT2D eigenvalue weighted by Gasteiger charge is -2.28. The predicted octanol–water partition coefficient (Wildman–Crippen LogP) is 4.12. The van der Waals surface area contributed by atoms with E-state index in [9.17, 15) is 18.0 Å². The highest BCUT2D eigenvalue weighted by atomic mass is 35.5. The van der Waals surface area contributed by atoms with Gasteiger partial charge in [-0.1, -0.05) is 17.7 Å².